The maximum Gasteiger partial charge on any atom is 0.138 e. The van der Waals surface area contributed by atoms with Gasteiger partial charge in [-0.15, -0.1) is 10.2 Å². The number of hydrogen-bond donors (Lipinski definition) is 0. The van der Waals surface area contributed by atoms with Crippen LogP contribution in [-0.4, -0.2) is 28.0 Å². The topological polar surface area (TPSA) is 39.9 Å². The van der Waals surface area contributed by atoms with Crippen molar-refractivity contribution in [1.29, 1.82) is 0 Å². The summed E-state index contributed by atoms with van der Waals surface area (Å²) in [5, 5.41) is 8.00. The molecule has 1 aliphatic heterocycles. The third kappa shape index (κ3) is 1.22. The molecule has 1 aliphatic rings. The molecule has 2 heterocycles. The number of ether oxygens (including phenoxy) is 1. The van der Waals surface area contributed by atoms with Crippen molar-refractivity contribution in [2.45, 2.75) is 25.8 Å². The smallest absolute Gasteiger partial charge is 0.138 e. The van der Waals surface area contributed by atoms with Crippen LogP contribution in [0, 0.1) is 0 Å². The molecule has 1 aromatic rings. The van der Waals surface area contributed by atoms with Crippen molar-refractivity contribution in [2.24, 2.45) is 0 Å². The Balaban J connectivity index is 2.19. The van der Waals surface area contributed by atoms with E-state index >= 15 is 0 Å². The predicted octanol–water partition coefficient (Wildman–Crippen LogP) is 0.802. The Kier molecular flexibility index (Phi) is 2.08. The molecule has 0 aromatic carbocycles. The van der Waals surface area contributed by atoms with Gasteiger partial charge in [0, 0.05) is 19.1 Å². The molecular formula is C8H13N3O. The summed E-state index contributed by atoms with van der Waals surface area (Å²) in [5.74, 6) is 1.54. The number of hydrogen-bond acceptors (Lipinski definition) is 3. The molecule has 0 spiro atoms. The van der Waals surface area contributed by atoms with E-state index in [0.29, 0.717) is 5.92 Å². The Morgan fingerprint density at radius 2 is 2.67 bits per heavy atom. The Labute approximate surface area is 71.6 Å². The molecule has 4 heteroatoms. The molecule has 0 N–H and O–H groups in total. The van der Waals surface area contributed by atoms with Crippen LogP contribution in [0.5, 0.6) is 0 Å². The lowest BCUT2D eigenvalue weighted by atomic mass is 10.1. The van der Waals surface area contributed by atoms with E-state index in [9.17, 15) is 0 Å². The van der Waals surface area contributed by atoms with Crippen molar-refractivity contribution in [2.75, 3.05) is 13.2 Å². The van der Waals surface area contributed by atoms with Crippen molar-refractivity contribution in [3.05, 3.63) is 12.2 Å². The van der Waals surface area contributed by atoms with E-state index in [1.165, 1.54) is 0 Å². The first-order valence-electron chi connectivity index (χ1n) is 4.37. The van der Waals surface area contributed by atoms with Gasteiger partial charge in [0.2, 0.25) is 0 Å². The van der Waals surface area contributed by atoms with Gasteiger partial charge in [-0.25, -0.2) is 0 Å². The van der Waals surface area contributed by atoms with Gasteiger partial charge in [0.15, 0.2) is 0 Å². The standard InChI is InChI=1S/C8H13N3O/c1-2-11-6-9-10-8(11)7-3-4-12-5-7/h6-7H,2-5H2,1H3. The molecule has 4 nitrogen and oxygen atoms in total. The Morgan fingerprint density at radius 1 is 1.75 bits per heavy atom. The number of aromatic nitrogens is 3. The van der Waals surface area contributed by atoms with E-state index in [1.54, 1.807) is 6.33 Å². The number of nitrogens with zero attached hydrogens (tertiary/aromatic N) is 3. The minimum absolute atomic E-state index is 0.465. The van der Waals surface area contributed by atoms with Gasteiger partial charge in [0.05, 0.1) is 6.61 Å². The summed E-state index contributed by atoms with van der Waals surface area (Å²) < 4.78 is 7.38. The zero-order valence-corrected chi connectivity index (χ0v) is 7.23. The monoisotopic (exact) mass is 167 g/mol. The van der Waals surface area contributed by atoms with Crippen LogP contribution < -0.4 is 0 Å². The van der Waals surface area contributed by atoms with Gasteiger partial charge in [0.1, 0.15) is 12.2 Å². The SMILES string of the molecule is CCn1cnnc1C1CCOC1. The first-order valence-corrected chi connectivity index (χ1v) is 4.37. The van der Waals surface area contributed by atoms with Crippen molar-refractivity contribution in [3.8, 4) is 0 Å². The van der Waals surface area contributed by atoms with Crippen LogP contribution in [0.4, 0.5) is 0 Å². The highest BCUT2D eigenvalue weighted by molar-refractivity contribution is 4.98. The lowest BCUT2D eigenvalue weighted by Crippen LogP contribution is -2.07. The van der Waals surface area contributed by atoms with Crippen LogP contribution in [-0.2, 0) is 11.3 Å². The molecule has 66 valence electrons. The van der Waals surface area contributed by atoms with Crippen LogP contribution in [0.1, 0.15) is 25.1 Å². The van der Waals surface area contributed by atoms with Crippen molar-refractivity contribution >= 4 is 0 Å². The van der Waals surface area contributed by atoms with E-state index in [-0.39, 0.29) is 0 Å². The Bertz CT molecular complexity index is 253. The van der Waals surface area contributed by atoms with Crippen LogP contribution >= 0.6 is 0 Å². The maximum absolute atomic E-state index is 5.30. The van der Waals surface area contributed by atoms with Crippen LogP contribution in [0.25, 0.3) is 0 Å². The second-order valence-corrected chi connectivity index (χ2v) is 3.04. The minimum atomic E-state index is 0.465. The predicted molar refractivity (Wildman–Crippen MR) is 43.9 cm³/mol. The number of aryl methyl sites for hydroxylation is 1. The van der Waals surface area contributed by atoms with Gasteiger partial charge in [-0.1, -0.05) is 0 Å². The third-order valence-electron chi connectivity index (χ3n) is 2.28. The van der Waals surface area contributed by atoms with Gasteiger partial charge in [-0.2, -0.15) is 0 Å². The molecular weight excluding hydrogens is 154 g/mol. The molecule has 0 saturated carbocycles. The Hall–Kier alpha value is -0.900. The molecule has 1 saturated heterocycles. The fourth-order valence-electron chi connectivity index (χ4n) is 1.56. The molecule has 2 rings (SSSR count). The zero-order valence-electron chi connectivity index (χ0n) is 7.23. The second kappa shape index (κ2) is 3.23. The summed E-state index contributed by atoms with van der Waals surface area (Å²) in [5.41, 5.74) is 0. The van der Waals surface area contributed by atoms with Crippen molar-refractivity contribution in [3.63, 3.8) is 0 Å². The highest BCUT2D eigenvalue weighted by atomic mass is 16.5. The molecule has 1 atom stereocenters. The molecule has 0 aliphatic carbocycles. The first-order chi connectivity index (χ1) is 5.92. The summed E-state index contributed by atoms with van der Waals surface area (Å²) in [6, 6.07) is 0. The summed E-state index contributed by atoms with van der Waals surface area (Å²) >= 11 is 0. The fourth-order valence-corrected chi connectivity index (χ4v) is 1.56. The molecule has 1 aromatic heterocycles. The van der Waals surface area contributed by atoms with Gasteiger partial charge in [0.25, 0.3) is 0 Å². The van der Waals surface area contributed by atoms with Gasteiger partial charge in [-0.05, 0) is 13.3 Å². The van der Waals surface area contributed by atoms with E-state index in [0.717, 1.165) is 32.0 Å². The van der Waals surface area contributed by atoms with E-state index < -0.39 is 0 Å². The molecule has 1 unspecified atom stereocenters. The molecule has 0 radical (unpaired) electrons. The van der Waals surface area contributed by atoms with E-state index in [4.69, 9.17) is 4.74 Å². The number of rotatable bonds is 2. The van der Waals surface area contributed by atoms with Crippen LogP contribution in [0.15, 0.2) is 6.33 Å². The molecule has 0 bridgehead atoms. The summed E-state index contributed by atoms with van der Waals surface area (Å²) in [6.07, 6.45) is 2.87. The average Bonchev–Trinajstić information content (AvgIpc) is 2.74. The first kappa shape index (κ1) is 7.73. The fraction of sp³-hybridized carbons (Fsp3) is 0.750. The van der Waals surface area contributed by atoms with Crippen LogP contribution in [0.3, 0.4) is 0 Å². The highest BCUT2D eigenvalue weighted by Gasteiger charge is 2.22. The summed E-state index contributed by atoms with van der Waals surface area (Å²) in [6.45, 7) is 4.71. The molecule has 1 fully saturated rings. The van der Waals surface area contributed by atoms with Gasteiger partial charge in [-0.3, -0.25) is 0 Å². The summed E-state index contributed by atoms with van der Waals surface area (Å²) in [4.78, 5) is 0. The average molecular weight is 167 g/mol. The summed E-state index contributed by atoms with van der Waals surface area (Å²) in [7, 11) is 0. The highest BCUT2D eigenvalue weighted by Crippen LogP contribution is 2.22. The molecule has 12 heavy (non-hydrogen) atoms. The Morgan fingerprint density at radius 3 is 3.33 bits per heavy atom. The lowest BCUT2D eigenvalue weighted by Gasteiger charge is -2.07. The minimum Gasteiger partial charge on any atom is -0.381 e. The van der Waals surface area contributed by atoms with E-state index in [2.05, 4.69) is 21.7 Å². The zero-order chi connectivity index (χ0) is 8.39. The van der Waals surface area contributed by atoms with Gasteiger partial charge < -0.3 is 9.30 Å². The quantitative estimate of drug-likeness (QED) is 0.654. The second-order valence-electron chi connectivity index (χ2n) is 3.04. The van der Waals surface area contributed by atoms with Crippen LogP contribution in [0.2, 0.25) is 0 Å². The van der Waals surface area contributed by atoms with Crippen molar-refractivity contribution in [1.82, 2.24) is 14.8 Å². The maximum atomic E-state index is 5.30. The third-order valence-corrected chi connectivity index (χ3v) is 2.28. The normalized spacial score (nSPS) is 23.2. The largest absolute Gasteiger partial charge is 0.381 e. The van der Waals surface area contributed by atoms with Crippen molar-refractivity contribution < 1.29 is 4.74 Å². The lowest BCUT2D eigenvalue weighted by molar-refractivity contribution is 0.192. The van der Waals surface area contributed by atoms with Gasteiger partial charge >= 0.3 is 0 Å². The van der Waals surface area contributed by atoms with E-state index in [1.807, 2.05) is 0 Å². The molecule has 0 amide bonds.